The Hall–Kier alpha value is -1.17. The molecule has 0 saturated carbocycles. The van der Waals surface area contributed by atoms with E-state index >= 15 is 0 Å². The number of carbonyl (C=O) groups excluding carboxylic acids is 1. The highest BCUT2D eigenvalue weighted by molar-refractivity contribution is 9.10. The molecule has 5 nitrogen and oxygen atoms in total. The van der Waals surface area contributed by atoms with E-state index < -0.39 is 12.2 Å². The first kappa shape index (κ1) is 9.91. The monoisotopic (exact) mass is 245 g/mol. The van der Waals surface area contributed by atoms with E-state index in [0.717, 1.165) is 4.47 Å². The maximum atomic E-state index is 10.4. The first-order valence-electron chi connectivity index (χ1n) is 3.53. The fourth-order valence-corrected chi connectivity index (χ4v) is 0.964. The van der Waals surface area contributed by atoms with Crippen LogP contribution in [0, 0.1) is 0 Å². The predicted molar refractivity (Wildman–Crippen MR) is 48.8 cm³/mol. The largest absolute Gasteiger partial charge is 0.438 e. The number of halogens is 1. The van der Waals surface area contributed by atoms with Crippen molar-refractivity contribution in [3.8, 4) is 0 Å². The molecule has 0 bridgehead atoms. The lowest BCUT2D eigenvalue weighted by Crippen LogP contribution is -2.16. The van der Waals surface area contributed by atoms with Crippen LogP contribution in [0.25, 0.3) is 0 Å². The van der Waals surface area contributed by atoms with E-state index in [9.17, 15) is 4.79 Å². The van der Waals surface area contributed by atoms with Gasteiger partial charge in [0.2, 0.25) is 0 Å². The summed E-state index contributed by atoms with van der Waals surface area (Å²) in [4.78, 5) is 18.3. The second-order valence-corrected chi connectivity index (χ2v) is 3.25. The Balaban J connectivity index is 2.71. The molecule has 13 heavy (non-hydrogen) atoms. The Morgan fingerprint density at radius 1 is 1.62 bits per heavy atom. The fraction of sp³-hybridized carbons (Fsp3) is 0.286. The standard InChI is InChI=1S/C7H8BrN3O2/c1-4(13-7(9)12)6-10-2-5(8)3-11-6/h2-4H,1H3,(H2,9,12). The van der Waals surface area contributed by atoms with Gasteiger partial charge < -0.3 is 10.5 Å². The zero-order valence-corrected chi connectivity index (χ0v) is 8.48. The van der Waals surface area contributed by atoms with Crippen molar-refractivity contribution in [1.29, 1.82) is 0 Å². The Kier molecular flexibility index (Phi) is 3.18. The number of hydrogen-bond donors (Lipinski definition) is 1. The maximum absolute atomic E-state index is 10.4. The van der Waals surface area contributed by atoms with Gasteiger partial charge in [-0.25, -0.2) is 14.8 Å². The van der Waals surface area contributed by atoms with E-state index in [1.807, 2.05) is 0 Å². The Morgan fingerprint density at radius 2 is 2.15 bits per heavy atom. The summed E-state index contributed by atoms with van der Waals surface area (Å²) in [5, 5.41) is 0. The van der Waals surface area contributed by atoms with Crippen molar-refractivity contribution in [3.05, 3.63) is 22.7 Å². The van der Waals surface area contributed by atoms with Gasteiger partial charge in [0.1, 0.15) is 0 Å². The van der Waals surface area contributed by atoms with Crippen molar-refractivity contribution < 1.29 is 9.53 Å². The van der Waals surface area contributed by atoms with Crippen molar-refractivity contribution in [3.63, 3.8) is 0 Å². The highest BCUT2D eigenvalue weighted by Gasteiger charge is 2.11. The average molecular weight is 246 g/mol. The molecule has 0 aliphatic carbocycles. The third-order valence-corrected chi connectivity index (χ3v) is 1.71. The lowest BCUT2D eigenvalue weighted by Gasteiger charge is -2.08. The quantitative estimate of drug-likeness (QED) is 0.855. The Labute approximate surface area is 83.4 Å². The second kappa shape index (κ2) is 4.18. The van der Waals surface area contributed by atoms with E-state index in [-0.39, 0.29) is 0 Å². The first-order chi connectivity index (χ1) is 6.09. The summed E-state index contributed by atoms with van der Waals surface area (Å²) < 4.78 is 5.44. The highest BCUT2D eigenvalue weighted by Crippen LogP contribution is 2.13. The van der Waals surface area contributed by atoms with E-state index in [1.54, 1.807) is 19.3 Å². The molecule has 6 heteroatoms. The third-order valence-electron chi connectivity index (χ3n) is 1.30. The van der Waals surface area contributed by atoms with Gasteiger partial charge in [0, 0.05) is 12.4 Å². The molecule has 2 N–H and O–H groups in total. The van der Waals surface area contributed by atoms with Crippen LogP contribution in [0.15, 0.2) is 16.9 Å². The number of carbonyl (C=O) groups is 1. The molecule has 0 aromatic carbocycles. The summed E-state index contributed by atoms with van der Waals surface area (Å²) in [5.74, 6) is 0.419. The van der Waals surface area contributed by atoms with Crippen LogP contribution in [0.4, 0.5) is 4.79 Å². The molecule has 1 atom stereocenters. The molecular weight excluding hydrogens is 238 g/mol. The van der Waals surface area contributed by atoms with Crippen molar-refractivity contribution in [1.82, 2.24) is 9.97 Å². The fourth-order valence-electron chi connectivity index (χ4n) is 0.759. The van der Waals surface area contributed by atoms with Crippen LogP contribution in [-0.2, 0) is 4.74 Å². The van der Waals surface area contributed by atoms with Gasteiger partial charge in [-0.2, -0.15) is 0 Å². The Bertz CT molecular complexity index is 301. The SMILES string of the molecule is CC(OC(N)=O)c1ncc(Br)cn1. The molecule has 0 aliphatic heterocycles. The van der Waals surface area contributed by atoms with Crippen LogP contribution < -0.4 is 5.73 Å². The van der Waals surface area contributed by atoms with Crippen LogP contribution in [0.1, 0.15) is 18.9 Å². The smallest absolute Gasteiger partial charge is 0.405 e. The summed E-state index contributed by atoms with van der Waals surface area (Å²) in [5.41, 5.74) is 4.83. The molecule has 0 spiro atoms. The molecule has 0 saturated heterocycles. The van der Waals surface area contributed by atoms with Crippen molar-refractivity contribution >= 4 is 22.0 Å². The van der Waals surface area contributed by atoms with Gasteiger partial charge in [-0.3, -0.25) is 0 Å². The van der Waals surface area contributed by atoms with Crippen LogP contribution >= 0.6 is 15.9 Å². The number of primary amides is 1. The molecule has 1 heterocycles. The van der Waals surface area contributed by atoms with Gasteiger partial charge in [-0.1, -0.05) is 0 Å². The predicted octanol–water partition coefficient (Wildman–Crippen LogP) is 1.40. The second-order valence-electron chi connectivity index (χ2n) is 2.34. The van der Waals surface area contributed by atoms with E-state index in [4.69, 9.17) is 5.73 Å². The summed E-state index contributed by atoms with van der Waals surface area (Å²) in [7, 11) is 0. The molecule has 1 unspecified atom stereocenters. The molecule has 1 aromatic heterocycles. The number of hydrogen-bond acceptors (Lipinski definition) is 4. The van der Waals surface area contributed by atoms with Gasteiger partial charge in [0.05, 0.1) is 4.47 Å². The lowest BCUT2D eigenvalue weighted by molar-refractivity contribution is 0.112. The first-order valence-corrected chi connectivity index (χ1v) is 4.32. The van der Waals surface area contributed by atoms with Crippen LogP contribution in [0.2, 0.25) is 0 Å². The minimum atomic E-state index is -0.834. The number of nitrogens with two attached hydrogens (primary N) is 1. The van der Waals surface area contributed by atoms with E-state index in [2.05, 4.69) is 30.6 Å². The molecular formula is C7H8BrN3O2. The van der Waals surface area contributed by atoms with Crippen LogP contribution in [0.5, 0.6) is 0 Å². The number of rotatable bonds is 2. The molecule has 1 aromatic rings. The molecule has 70 valence electrons. The minimum Gasteiger partial charge on any atom is -0.438 e. The maximum Gasteiger partial charge on any atom is 0.405 e. The minimum absolute atomic E-state index is 0.419. The van der Waals surface area contributed by atoms with E-state index in [0.29, 0.717) is 5.82 Å². The summed E-state index contributed by atoms with van der Waals surface area (Å²) >= 11 is 3.19. The Morgan fingerprint density at radius 3 is 2.62 bits per heavy atom. The molecule has 0 aliphatic rings. The van der Waals surface area contributed by atoms with Crippen molar-refractivity contribution in [2.24, 2.45) is 5.73 Å². The zero-order valence-electron chi connectivity index (χ0n) is 6.90. The van der Waals surface area contributed by atoms with Gasteiger partial charge in [-0.05, 0) is 22.9 Å². The van der Waals surface area contributed by atoms with Crippen molar-refractivity contribution in [2.45, 2.75) is 13.0 Å². The lowest BCUT2D eigenvalue weighted by atomic mass is 10.4. The van der Waals surface area contributed by atoms with E-state index in [1.165, 1.54) is 0 Å². The number of aromatic nitrogens is 2. The van der Waals surface area contributed by atoms with Gasteiger partial charge in [0.15, 0.2) is 11.9 Å². The van der Waals surface area contributed by atoms with Gasteiger partial charge >= 0.3 is 6.09 Å². The summed E-state index contributed by atoms with van der Waals surface area (Å²) in [6.07, 6.45) is 1.79. The number of amides is 1. The van der Waals surface area contributed by atoms with Crippen LogP contribution in [-0.4, -0.2) is 16.1 Å². The normalized spacial score (nSPS) is 12.2. The molecule has 0 fully saturated rings. The third kappa shape index (κ3) is 2.98. The molecule has 1 amide bonds. The topological polar surface area (TPSA) is 78.1 Å². The molecule has 0 radical (unpaired) electrons. The highest BCUT2D eigenvalue weighted by atomic mass is 79.9. The van der Waals surface area contributed by atoms with Crippen LogP contribution in [0.3, 0.4) is 0 Å². The average Bonchev–Trinajstić information content (AvgIpc) is 2.04. The number of ether oxygens (including phenoxy) is 1. The zero-order chi connectivity index (χ0) is 9.84. The van der Waals surface area contributed by atoms with Crippen molar-refractivity contribution in [2.75, 3.05) is 0 Å². The van der Waals surface area contributed by atoms with Gasteiger partial charge in [-0.15, -0.1) is 0 Å². The van der Waals surface area contributed by atoms with Gasteiger partial charge in [0.25, 0.3) is 0 Å². The molecule has 1 rings (SSSR count). The summed E-state index contributed by atoms with van der Waals surface area (Å²) in [6, 6.07) is 0. The summed E-state index contributed by atoms with van der Waals surface area (Å²) in [6.45, 7) is 1.65. The number of nitrogens with zero attached hydrogens (tertiary/aromatic N) is 2.